The van der Waals surface area contributed by atoms with Crippen molar-refractivity contribution in [3.05, 3.63) is 30.6 Å². The number of rotatable bonds is 4. The van der Waals surface area contributed by atoms with Crippen molar-refractivity contribution in [2.24, 2.45) is 0 Å². The molecule has 0 unspecified atom stereocenters. The number of thioether (sulfide) groups is 1. The monoisotopic (exact) mass is 261 g/mol. The second-order valence-electron chi connectivity index (χ2n) is 4.58. The highest BCUT2D eigenvalue weighted by molar-refractivity contribution is 8.00. The van der Waals surface area contributed by atoms with Gasteiger partial charge in [-0.1, -0.05) is 17.8 Å². The third-order valence-electron chi connectivity index (χ3n) is 2.98. The molecule has 1 N–H and O–H groups in total. The normalized spacial score (nSPS) is 16.7. The quantitative estimate of drug-likeness (QED) is 0.857. The van der Waals surface area contributed by atoms with Gasteiger partial charge in [-0.2, -0.15) is 0 Å². The van der Waals surface area contributed by atoms with Crippen LogP contribution in [-0.2, 0) is 4.79 Å². The van der Waals surface area contributed by atoms with Crippen molar-refractivity contribution in [3.8, 4) is 0 Å². The summed E-state index contributed by atoms with van der Waals surface area (Å²) in [6, 6.07) is 6.37. The summed E-state index contributed by atoms with van der Waals surface area (Å²) in [6.07, 6.45) is 6.04. The maximum absolute atomic E-state index is 11.9. The van der Waals surface area contributed by atoms with Crippen LogP contribution in [0.25, 0.3) is 5.52 Å². The van der Waals surface area contributed by atoms with Crippen molar-refractivity contribution in [1.29, 1.82) is 0 Å². The minimum Gasteiger partial charge on any atom is -0.352 e. The van der Waals surface area contributed by atoms with Gasteiger partial charge < -0.3 is 5.32 Å². The van der Waals surface area contributed by atoms with Crippen LogP contribution in [0.3, 0.4) is 0 Å². The minimum absolute atomic E-state index is 0.107. The van der Waals surface area contributed by atoms with Crippen molar-refractivity contribution < 1.29 is 4.79 Å². The lowest BCUT2D eigenvalue weighted by Gasteiger charge is -2.10. The van der Waals surface area contributed by atoms with Crippen LogP contribution < -0.4 is 5.32 Å². The van der Waals surface area contributed by atoms with Crippen LogP contribution in [0.15, 0.2) is 35.7 Å². The number of nitrogens with zero attached hydrogens (tertiary/aromatic N) is 2. The van der Waals surface area contributed by atoms with Crippen molar-refractivity contribution in [3.63, 3.8) is 0 Å². The molecule has 0 radical (unpaired) electrons. The fourth-order valence-electron chi connectivity index (χ4n) is 1.76. The third kappa shape index (κ3) is 2.36. The maximum atomic E-state index is 11.9. The highest BCUT2D eigenvalue weighted by Gasteiger charge is 2.26. The number of nitrogens with one attached hydrogen (secondary N) is 1. The first-order valence-corrected chi connectivity index (χ1v) is 7.01. The Bertz CT molecular complexity index is 576. The van der Waals surface area contributed by atoms with Crippen LogP contribution in [-0.4, -0.2) is 26.6 Å². The molecule has 18 heavy (non-hydrogen) atoms. The Balaban J connectivity index is 1.72. The lowest BCUT2D eigenvalue weighted by atomic mass is 10.4. The Morgan fingerprint density at radius 1 is 1.56 bits per heavy atom. The van der Waals surface area contributed by atoms with Gasteiger partial charge in [-0.05, 0) is 31.9 Å². The summed E-state index contributed by atoms with van der Waals surface area (Å²) in [5.74, 6) is 0.107. The average Bonchev–Trinajstić information content (AvgIpc) is 3.10. The summed E-state index contributed by atoms with van der Waals surface area (Å²) in [5, 5.41) is 3.77. The Hall–Kier alpha value is -1.49. The van der Waals surface area contributed by atoms with Gasteiger partial charge in [0.15, 0.2) is 5.16 Å². The van der Waals surface area contributed by atoms with Crippen molar-refractivity contribution >= 4 is 23.2 Å². The minimum atomic E-state index is -0.114. The van der Waals surface area contributed by atoms with Crippen LogP contribution in [0.1, 0.15) is 19.8 Å². The van der Waals surface area contributed by atoms with Gasteiger partial charge in [0.1, 0.15) is 0 Å². The van der Waals surface area contributed by atoms with Crippen LogP contribution in [0.2, 0.25) is 0 Å². The standard InChI is InChI=1S/C13H15N3OS/c1-9(12(17)15-10-5-6-10)18-13-14-8-11-4-2-3-7-16(11)13/h2-4,7-10H,5-6H2,1H3,(H,15,17)/t9-/m1/s1. The van der Waals surface area contributed by atoms with E-state index in [1.807, 2.05) is 41.9 Å². The molecule has 0 saturated heterocycles. The highest BCUT2D eigenvalue weighted by Crippen LogP contribution is 2.25. The molecule has 2 aromatic rings. The topological polar surface area (TPSA) is 46.4 Å². The first kappa shape index (κ1) is 11.6. The van der Waals surface area contributed by atoms with E-state index in [2.05, 4.69) is 10.3 Å². The van der Waals surface area contributed by atoms with E-state index in [9.17, 15) is 4.79 Å². The number of fused-ring (bicyclic) bond motifs is 1. The number of carbonyl (C=O) groups excluding carboxylic acids is 1. The number of aromatic nitrogens is 2. The molecule has 5 heteroatoms. The Kier molecular flexibility index (Phi) is 2.99. The van der Waals surface area contributed by atoms with E-state index in [0.29, 0.717) is 6.04 Å². The predicted molar refractivity (Wildman–Crippen MR) is 71.7 cm³/mol. The number of amides is 1. The van der Waals surface area contributed by atoms with Gasteiger partial charge in [-0.25, -0.2) is 4.98 Å². The van der Waals surface area contributed by atoms with E-state index >= 15 is 0 Å². The molecule has 3 rings (SSSR count). The van der Waals surface area contributed by atoms with Gasteiger partial charge in [0.05, 0.1) is 17.0 Å². The van der Waals surface area contributed by atoms with Gasteiger partial charge in [-0.15, -0.1) is 0 Å². The van der Waals surface area contributed by atoms with E-state index in [1.54, 1.807) is 0 Å². The zero-order valence-electron chi connectivity index (χ0n) is 10.2. The molecule has 1 aliphatic rings. The summed E-state index contributed by atoms with van der Waals surface area (Å²) in [5.41, 5.74) is 1.05. The summed E-state index contributed by atoms with van der Waals surface area (Å²) in [6.45, 7) is 1.92. The molecule has 1 atom stereocenters. The van der Waals surface area contributed by atoms with Crippen LogP contribution >= 0.6 is 11.8 Å². The van der Waals surface area contributed by atoms with Crippen molar-refractivity contribution in [2.45, 2.75) is 36.2 Å². The molecule has 1 fully saturated rings. The van der Waals surface area contributed by atoms with Crippen LogP contribution in [0.4, 0.5) is 0 Å². The first-order valence-electron chi connectivity index (χ1n) is 6.13. The predicted octanol–water partition coefficient (Wildman–Crippen LogP) is 2.09. The number of hydrogen-bond acceptors (Lipinski definition) is 3. The Labute approximate surface area is 110 Å². The van der Waals surface area contributed by atoms with Gasteiger partial charge in [0.2, 0.25) is 5.91 Å². The first-order chi connectivity index (χ1) is 8.74. The van der Waals surface area contributed by atoms with Gasteiger partial charge in [0, 0.05) is 12.2 Å². The Morgan fingerprint density at radius 3 is 3.17 bits per heavy atom. The van der Waals surface area contributed by atoms with E-state index in [4.69, 9.17) is 0 Å². The smallest absolute Gasteiger partial charge is 0.233 e. The Morgan fingerprint density at radius 2 is 2.39 bits per heavy atom. The second-order valence-corrected chi connectivity index (χ2v) is 5.89. The van der Waals surface area contributed by atoms with E-state index < -0.39 is 0 Å². The fraction of sp³-hybridized carbons (Fsp3) is 0.385. The van der Waals surface area contributed by atoms with Gasteiger partial charge in [-0.3, -0.25) is 9.20 Å². The van der Waals surface area contributed by atoms with Gasteiger partial charge in [0.25, 0.3) is 0 Å². The molecule has 0 bridgehead atoms. The number of hydrogen-bond donors (Lipinski definition) is 1. The highest BCUT2D eigenvalue weighted by atomic mass is 32.2. The zero-order valence-corrected chi connectivity index (χ0v) is 11.0. The maximum Gasteiger partial charge on any atom is 0.233 e. The molecule has 2 heterocycles. The molecule has 0 spiro atoms. The molecule has 0 aromatic carbocycles. The molecule has 4 nitrogen and oxygen atoms in total. The number of imidazole rings is 1. The molecular weight excluding hydrogens is 246 g/mol. The zero-order chi connectivity index (χ0) is 12.5. The summed E-state index contributed by atoms with van der Waals surface area (Å²) >= 11 is 1.50. The fourth-order valence-corrected chi connectivity index (χ4v) is 2.65. The van der Waals surface area contributed by atoms with Crippen LogP contribution in [0.5, 0.6) is 0 Å². The summed E-state index contributed by atoms with van der Waals surface area (Å²) in [4.78, 5) is 16.2. The number of carbonyl (C=O) groups is 1. The summed E-state index contributed by atoms with van der Waals surface area (Å²) in [7, 11) is 0. The molecule has 1 aliphatic carbocycles. The SMILES string of the molecule is C[C@@H](Sc1ncc2ccccn12)C(=O)NC1CC1. The van der Waals surface area contributed by atoms with E-state index in [1.165, 1.54) is 11.8 Å². The van der Waals surface area contributed by atoms with E-state index in [0.717, 1.165) is 23.5 Å². The molecule has 1 saturated carbocycles. The van der Waals surface area contributed by atoms with Gasteiger partial charge >= 0.3 is 0 Å². The van der Waals surface area contributed by atoms with Crippen molar-refractivity contribution in [2.75, 3.05) is 0 Å². The summed E-state index contributed by atoms with van der Waals surface area (Å²) < 4.78 is 2.01. The average molecular weight is 261 g/mol. The molecule has 1 amide bonds. The van der Waals surface area contributed by atoms with Crippen molar-refractivity contribution in [1.82, 2.24) is 14.7 Å². The second kappa shape index (κ2) is 4.65. The lowest BCUT2D eigenvalue weighted by molar-refractivity contribution is -0.120. The largest absolute Gasteiger partial charge is 0.352 e. The molecule has 2 aromatic heterocycles. The molecule has 0 aliphatic heterocycles. The van der Waals surface area contributed by atoms with E-state index in [-0.39, 0.29) is 11.2 Å². The lowest BCUT2D eigenvalue weighted by Crippen LogP contribution is -2.32. The number of pyridine rings is 1. The third-order valence-corrected chi connectivity index (χ3v) is 4.06. The molecule has 94 valence electrons. The van der Waals surface area contributed by atoms with Crippen LogP contribution in [0, 0.1) is 0 Å². The molecular formula is C13H15N3OS.